The molecule has 3 aromatic carbocycles. The minimum absolute atomic E-state index is 0.0850. The van der Waals surface area contributed by atoms with Crippen molar-refractivity contribution in [2.24, 2.45) is 16.7 Å². The molecule has 0 bridgehead atoms. The summed E-state index contributed by atoms with van der Waals surface area (Å²) >= 11 is 0. The molecule has 2 aliphatic heterocycles. The summed E-state index contributed by atoms with van der Waals surface area (Å²) in [5, 5.41) is 34.3. The zero-order valence-corrected chi connectivity index (χ0v) is 38.6. The number of aliphatic hydroxyl groups excluding tert-OH is 1. The molecule has 0 saturated heterocycles. The standard InChI is InChI=1S/C19H30BN3O2.C19H28N2O4S.C9H10O2/c1-19(2,10-6-7-11-21)14-22-13-18(24)17(23-15-20-25)12-16-8-4-3-5-9-16;1-15(2)12-21(13-19(3,4)9-5-6-10-20)26(22,23)16-7-8-17-18(11-16)25-14-24-17;1-7-2-3-8-9(6-7)11-5-4-10-8/h3-5,8-9,17-18,22-24H,6-7,10,12-15H2,1-2H3;7-8,11,15H,5-6,9,12-14H2,1-4H3;2-3,6H,4-5H2,1H3/t17-,18?;;/m0../s1. The average molecular weight is 874 g/mol. The Morgan fingerprint density at radius 2 is 1.44 bits per heavy atom. The Hall–Kier alpha value is -4.51. The number of unbranched alkanes of at least 4 members (excludes halogenated alkanes) is 2. The molecular formula is C47H68BN5O8S. The summed E-state index contributed by atoms with van der Waals surface area (Å²) in [4.78, 5) is 0.218. The van der Waals surface area contributed by atoms with Gasteiger partial charge < -0.3 is 18.9 Å². The van der Waals surface area contributed by atoms with Crippen molar-refractivity contribution in [3.05, 3.63) is 77.9 Å². The Kier molecular flexibility index (Phi) is 21.9. The van der Waals surface area contributed by atoms with E-state index in [9.17, 15) is 18.2 Å². The normalized spacial score (nSPS) is 14.0. The molecule has 13 nitrogen and oxygen atoms in total. The molecule has 0 saturated carbocycles. The van der Waals surface area contributed by atoms with Crippen LogP contribution in [0.5, 0.6) is 23.0 Å². The number of ether oxygens (including phenoxy) is 4. The van der Waals surface area contributed by atoms with Crippen LogP contribution in [0.15, 0.2) is 71.6 Å². The largest absolute Gasteiger partial charge is 0.486 e. The monoisotopic (exact) mass is 873 g/mol. The van der Waals surface area contributed by atoms with Gasteiger partial charge in [-0.1, -0.05) is 33.8 Å². The third-order valence-electron chi connectivity index (χ3n) is 10.3. The zero-order valence-electron chi connectivity index (χ0n) is 37.8. The third-order valence-corrected chi connectivity index (χ3v) is 12.1. The molecule has 1 unspecified atom stereocenters. The molecule has 0 amide bonds. The van der Waals surface area contributed by atoms with Crippen LogP contribution in [0.25, 0.3) is 0 Å². The fraction of sp³-hybridized carbons (Fsp3) is 0.574. The van der Waals surface area contributed by atoms with E-state index in [1.165, 1.54) is 11.6 Å². The summed E-state index contributed by atoms with van der Waals surface area (Å²) in [7, 11) is -2.83. The van der Waals surface area contributed by atoms with Gasteiger partial charge in [-0.15, -0.1) is 0 Å². The molecule has 0 radical (unpaired) electrons. The number of aliphatic hydroxyl groups is 1. The second kappa shape index (κ2) is 26.2. The Morgan fingerprint density at radius 1 is 0.839 bits per heavy atom. The van der Waals surface area contributed by atoms with Gasteiger partial charge in [-0.2, -0.15) is 14.8 Å². The van der Waals surface area contributed by atoms with Gasteiger partial charge in [-0.05, 0) is 60.9 Å². The fourth-order valence-electron chi connectivity index (χ4n) is 7.04. The average Bonchev–Trinajstić information content (AvgIpc) is 3.71. The van der Waals surface area contributed by atoms with Crippen LogP contribution in [-0.2, 0) is 21.1 Å². The van der Waals surface area contributed by atoms with Crippen LogP contribution in [0.1, 0.15) is 91.2 Å². The third kappa shape index (κ3) is 18.5. The molecular weight excluding hydrogens is 805 g/mol. The number of fused-ring (bicyclic) bond motifs is 2. The molecule has 338 valence electrons. The van der Waals surface area contributed by atoms with Crippen molar-refractivity contribution in [2.75, 3.05) is 52.6 Å². The Morgan fingerprint density at radius 3 is 2.08 bits per heavy atom. The molecule has 3 aromatic rings. The molecule has 3 N–H and O–H groups in total. The number of rotatable bonds is 22. The molecule has 0 fully saturated rings. The van der Waals surface area contributed by atoms with E-state index in [-0.39, 0.29) is 40.9 Å². The SMILES string of the molecule is CC(C)(CCCC#N)CNCC(O)[C@H](Cc1ccccc1)NCB=O.CC(C)CN(CC(C)(C)CCCC#N)S(=O)(=O)c1ccc2c(c1)OCO2.Cc1ccc2c(c1)OCCO2. The fourth-order valence-corrected chi connectivity index (χ4v) is 8.85. The first-order valence-electron chi connectivity index (χ1n) is 21.6. The van der Waals surface area contributed by atoms with Gasteiger partial charge in [0.25, 0.3) is 0 Å². The Labute approximate surface area is 371 Å². The summed E-state index contributed by atoms with van der Waals surface area (Å²) < 4.78 is 60.1. The number of hydrogen-bond donors (Lipinski definition) is 3. The maximum Gasteiger partial charge on any atom is 0.243 e. The first-order valence-corrected chi connectivity index (χ1v) is 23.0. The van der Waals surface area contributed by atoms with Crippen LogP contribution in [0.2, 0.25) is 0 Å². The van der Waals surface area contributed by atoms with Gasteiger partial charge in [0.15, 0.2) is 23.0 Å². The van der Waals surface area contributed by atoms with E-state index in [4.69, 9.17) is 29.5 Å². The van der Waals surface area contributed by atoms with Gasteiger partial charge in [0.2, 0.25) is 16.8 Å². The van der Waals surface area contributed by atoms with E-state index in [1.807, 2.05) is 83.1 Å². The molecule has 0 aromatic heterocycles. The number of benzene rings is 3. The van der Waals surface area contributed by atoms with Crippen molar-refractivity contribution in [3.63, 3.8) is 0 Å². The summed E-state index contributed by atoms with van der Waals surface area (Å²) in [5.41, 5.74) is 2.20. The molecule has 0 spiro atoms. The molecule has 2 heterocycles. The second-order valence-electron chi connectivity index (χ2n) is 17.8. The van der Waals surface area contributed by atoms with Gasteiger partial charge in [0.1, 0.15) is 13.2 Å². The topological polar surface area (TPSA) is 183 Å². The van der Waals surface area contributed by atoms with E-state index < -0.39 is 16.1 Å². The molecule has 15 heteroatoms. The van der Waals surface area contributed by atoms with Crippen LogP contribution in [0, 0.1) is 46.3 Å². The predicted octanol–water partition coefficient (Wildman–Crippen LogP) is 7.41. The molecule has 2 atom stereocenters. The first-order chi connectivity index (χ1) is 29.5. The smallest absolute Gasteiger partial charge is 0.243 e. The minimum Gasteiger partial charge on any atom is -0.486 e. The van der Waals surface area contributed by atoms with Gasteiger partial charge >= 0.3 is 146 Å². The quantitative estimate of drug-likeness (QED) is 0.0672. The number of nitrogens with zero attached hydrogens (tertiary/aromatic N) is 3. The first kappa shape index (κ1) is 51.8. The maximum absolute atomic E-state index is 13.3. The van der Waals surface area contributed by atoms with Crippen LogP contribution < -0.4 is 29.6 Å². The van der Waals surface area contributed by atoms with Gasteiger partial charge in [0, 0.05) is 25.6 Å². The maximum atomic E-state index is 13.3. The van der Waals surface area contributed by atoms with Crippen LogP contribution >= 0.6 is 0 Å². The summed E-state index contributed by atoms with van der Waals surface area (Å²) in [6, 6.07) is 24.8. The van der Waals surface area contributed by atoms with E-state index in [0.29, 0.717) is 63.6 Å². The predicted molar refractivity (Wildman–Crippen MR) is 242 cm³/mol. The van der Waals surface area contributed by atoms with Crippen molar-refractivity contribution in [2.45, 2.75) is 110 Å². The Bertz CT molecular complexity index is 2000. The number of nitriles is 2. The summed E-state index contributed by atoms with van der Waals surface area (Å²) in [6.07, 6.45) is 4.82. The van der Waals surface area contributed by atoms with Crippen LogP contribution in [-0.4, -0.2) is 89.8 Å². The van der Waals surface area contributed by atoms with Crippen molar-refractivity contribution < 1.29 is 37.2 Å². The molecule has 5 rings (SSSR count). The number of aryl methyl sites for hydroxylation is 1. The molecule has 0 aliphatic carbocycles. The molecule has 62 heavy (non-hydrogen) atoms. The van der Waals surface area contributed by atoms with E-state index in [0.717, 1.165) is 56.4 Å². The van der Waals surface area contributed by atoms with E-state index >= 15 is 0 Å². The minimum atomic E-state index is -3.65. The van der Waals surface area contributed by atoms with Gasteiger partial charge in [-0.3, -0.25) is 0 Å². The zero-order chi connectivity index (χ0) is 45.6. The van der Waals surface area contributed by atoms with Crippen LogP contribution in [0.3, 0.4) is 0 Å². The van der Waals surface area contributed by atoms with Crippen molar-refractivity contribution in [1.29, 1.82) is 10.5 Å². The number of nitrogens with one attached hydrogen (secondary N) is 2. The van der Waals surface area contributed by atoms with E-state index in [2.05, 4.69) is 36.6 Å². The molecule has 2 aliphatic rings. The Balaban J connectivity index is 0.000000266. The van der Waals surface area contributed by atoms with Gasteiger partial charge in [-0.25, -0.2) is 8.42 Å². The van der Waals surface area contributed by atoms with Crippen molar-refractivity contribution in [1.82, 2.24) is 14.9 Å². The summed E-state index contributed by atoms with van der Waals surface area (Å²) in [6.45, 7) is 18.0. The van der Waals surface area contributed by atoms with E-state index in [1.54, 1.807) is 16.4 Å². The van der Waals surface area contributed by atoms with Crippen LogP contribution in [0.4, 0.5) is 0 Å². The van der Waals surface area contributed by atoms with Crippen molar-refractivity contribution >= 4 is 17.2 Å². The second-order valence-corrected chi connectivity index (χ2v) is 19.7. The summed E-state index contributed by atoms with van der Waals surface area (Å²) in [5.74, 6) is 2.96. The van der Waals surface area contributed by atoms with Gasteiger partial charge in [0.05, 0.1) is 11.0 Å². The number of sulfonamides is 1. The van der Waals surface area contributed by atoms with Crippen molar-refractivity contribution in [3.8, 4) is 35.1 Å². The number of hydrogen-bond acceptors (Lipinski definition) is 12.